The highest BCUT2D eigenvalue weighted by molar-refractivity contribution is 6.30. The SMILES string of the molecule is C[C@@H]1CN(C(=O)c2cccc(Cl)c2)CCN1.Cl. The Bertz CT molecular complexity index is 398. The molecule has 1 aliphatic heterocycles. The maximum Gasteiger partial charge on any atom is 0.254 e. The molecule has 2 rings (SSSR count). The summed E-state index contributed by atoms with van der Waals surface area (Å²) in [7, 11) is 0. The van der Waals surface area contributed by atoms with E-state index in [1.807, 2.05) is 4.90 Å². The van der Waals surface area contributed by atoms with Crippen LogP contribution < -0.4 is 5.32 Å². The van der Waals surface area contributed by atoms with Crippen LogP contribution in [0.3, 0.4) is 0 Å². The van der Waals surface area contributed by atoms with E-state index in [4.69, 9.17) is 11.6 Å². The quantitative estimate of drug-likeness (QED) is 0.852. The van der Waals surface area contributed by atoms with E-state index in [9.17, 15) is 4.79 Å². The first-order valence-corrected chi connectivity index (χ1v) is 5.83. The van der Waals surface area contributed by atoms with Crippen LogP contribution in [0.4, 0.5) is 0 Å². The van der Waals surface area contributed by atoms with Crippen molar-refractivity contribution < 1.29 is 4.79 Å². The predicted octanol–water partition coefficient (Wildman–Crippen LogP) is 2.20. The summed E-state index contributed by atoms with van der Waals surface area (Å²) >= 11 is 5.87. The van der Waals surface area contributed by atoms with Gasteiger partial charge in [0.1, 0.15) is 0 Å². The number of carbonyl (C=O) groups is 1. The van der Waals surface area contributed by atoms with E-state index in [0.29, 0.717) is 16.6 Å². The third kappa shape index (κ3) is 3.60. The predicted molar refractivity (Wildman–Crippen MR) is 72.1 cm³/mol. The molecule has 1 heterocycles. The first kappa shape index (κ1) is 14.3. The molecule has 5 heteroatoms. The third-order valence-electron chi connectivity index (χ3n) is 2.73. The lowest BCUT2D eigenvalue weighted by molar-refractivity contribution is 0.0709. The second-order valence-electron chi connectivity index (χ2n) is 4.12. The van der Waals surface area contributed by atoms with E-state index in [1.54, 1.807) is 24.3 Å². The fraction of sp³-hybridized carbons (Fsp3) is 0.417. The summed E-state index contributed by atoms with van der Waals surface area (Å²) in [6.45, 7) is 4.45. The molecule has 0 spiro atoms. The van der Waals surface area contributed by atoms with Crippen LogP contribution in [0.15, 0.2) is 24.3 Å². The van der Waals surface area contributed by atoms with Crippen molar-refractivity contribution >= 4 is 29.9 Å². The molecule has 0 aliphatic carbocycles. The molecule has 1 fully saturated rings. The smallest absolute Gasteiger partial charge is 0.254 e. The number of nitrogens with zero attached hydrogens (tertiary/aromatic N) is 1. The summed E-state index contributed by atoms with van der Waals surface area (Å²) in [5.41, 5.74) is 0.668. The van der Waals surface area contributed by atoms with Crippen LogP contribution in [0.25, 0.3) is 0 Å². The van der Waals surface area contributed by atoms with Crippen molar-refractivity contribution in [3.63, 3.8) is 0 Å². The van der Waals surface area contributed by atoms with Gasteiger partial charge in [-0.1, -0.05) is 17.7 Å². The number of rotatable bonds is 1. The summed E-state index contributed by atoms with van der Waals surface area (Å²) in [5, 5.41) is 3.92. The van der Waals surface area contributed by atoms with Crippen LogP contribution in [0, 0.1) is 0 Å². The molecule has 1 aromatic rings. The van der Waals surface area contributed by atoms with E-state index in [2.05, 4.69) is 12.2 Å². The topological polar surface area (TPSA) is 32.3 Å². The molecule has 17 heavy (non-hydrogen) atoms. The number of halogens is 2. The van der Waals surface area contributed by atoms with Crippen molar-refractivity contribution in [2.24, 2.45) is 0 Å². The monoisotopic (exact) mass is 274 g/mol. The minimum absolute atomic E-state index is 0. The van der Waals surface area contributed by atoms with Gasteiger partial charge in [-0.3, -0.25) is 4.79 Å². The van der Waals surface area contributed by atoms with Gasteiger partial charge in [-0.05, 0) is 25.1 Å². The van der Waals surface area contributed by atoms with Crippen LogP contribution >= 0.6 is 24.0 Å². The molecule has 1 atom stereocenters. The van der Waals surface area contributed by atoms with Crippen molar-refractivity contribution in [3.05, 3.63) is 34.9 Å². The fourth-order valence-corrected chi connectivity index (χ4v) is 2.11. The van der Waals surface area contributed by atoms with Gasteiger partial charge in [0, 0.05) is 36.3 Å². The van der Waals surface area contributed by atoms with E-state index in [0.717, 1.165) is 19.6 Å². The van der Waals surface area contributed by atoms with Crippen LogP contribution in [0.2, 0.25) is 5.02 Å². The van der Waals surface area contributed by atoms with E-state index in [1.165, 1.54) is 0 Å². The van der Waals surface area contributed by atoms with Gasteiger partial charge in [-0.2, -0.15) is 0 Å². The Kier molecular flexibility index (Phi) is 5.25. The Morgan fingerprint density at radius 3 is 2.94 bits per heavy atom. The number of hydrogen-bond acceptors (Lipinski definition) is 2. The molecule has 0 saturated carbocycles. The van der Waals surface area contributed by atoms with Gasteiger partial charge in [0.25, 0.3) is 5.91 Å². The lowest BCUT2D eigenvalue weighted by atomic mass is 10.1. The Hall–Kier alpha value is -0.770. The number of carbonyl (C=O) groups excluding carboxylic acids is 1. The third-order valence-corrected chi connectivity index (χ3v) is 2.96. The van der Waals surface area contributed by atoms with E-state index < -0.39 is 0 Å². The highest BCUT2D eigenvalue weighted by atomic mass is 35.5. The first-order chi connectivity index (χ1) is 7.66. The van der Waals surface area contributed by atoms with Gasteiger partial charge >= 0.3 is 0 Å². The van der Waals surface area contributed by atoms with Crippen molar-refractivity contribution in [2.45, 2.75) is 13.0 Å². The molecule has 1 amide bonds. The zero-order valence-electron chi connectivity index (χ0n) is 9.65. The zero-order valence-corrected chi connectivity index (χ0v) is 11.2. The normalized spacial score (nSPS) is 19.6. The minimum atomic E-state index is 0. The Morgan fingerprint density at radius 1 is 1.53 bits per heavy atom. The Morgan fingerprint density at radius 2 is 2.29 bits per heavy atom. The fourth-order valence-electron chi connectivity index (χ4n) is 1.92. The van der Waals surface area contributed by atoms with Gasteiger partial charge in [0.15, 0.2) is 0 Å². The highest BCUT2D eigenvalue weighted by Gasteiger charge is 2.21. The first-order valence-electron chi connectivity index (χ1n) is 5.45. The summed E-state index contributed by atoms with van der Waals surface area (Å²) < 4.78 is 0. The van der Waals surface area contributed by atoms with Crippen molar-refractivity contribution in [2.75, 3.05) is 19.6 Å². The van der Waals surface area contributed by atoms with Gasteiger partial charge in [-0.25, -0.2) is 0 Å². The number of hydrogen-bond donors (Lipinski definition) is 1. The lowest BCUT2D eigenvalue weighted by Gasteiger charge is -2.32. The summed E-state index contributed by atoms with van der Waals surface area (Å²) in [6.07, 6.45) is 0. The van der Waals surface area contributed by atoms with E-state index >= 15 is 0 Å². The Labute approximate surface area is 113 Å². The maximum absolute atomic E-state index is 12.1. The molecule has 0 unspecified atom stereocenters. The second-order valence-corrected chi connectivity index (χ2v) is 4.55. The number of amides is 1. The Balaban J connectivity index is 0.00000144. The molecule has 0 aromatic heterocycles. The molecular formula is C12H16Cl2N2O. The molecule has 94 valence electrons. The lowest BCUT2D eigenvalue weighted by Crippen LogP contribution is -2.51. The molecular weight excluding hydrogens is 259 g/mol. The van der Waals surface area contributed by atoms with Crippen molar-refractivity contribution in [1.82, 2.24) is 10.2 Å². The maximum atomic E-state index is 12.1. The minimum Gasteiger partial charge on any atom is -0.336 e. The van der Waals surface area contributed by atoms with Gasteiger partial charge in [0.2, 0.25) is 0 Å². The zero-order chi connectivity index (χ0) is 11.5. The average molecular weight is 275 g/mol. The summed E-state index contributed by atoms with van der Waals surface area (Å²) in [5.74, 6) is 0.0656. The van der Waals surface area contributed by atoms with Crippen LogP contribution in [0.1, 0.15) is 17.3 Å². The number of nitrogens with one attached hydrogen (secondary N) is 1. The van der Waals surface area contributed by atoms with Gasteiger partial charge in [0.05, 0.1) is 0 Å². The largest absolute Gasteiger partial charge is 0.336 e. The summed E-state index contributed by atoms with van der Waals surface area (Å²) in [6, 6.07) is 7.47. The standard InChI is InChI=1S/C12H15ClN2O.ClH/c1-9-8-15(6-5-14-9)12(16)10-3-2-4-11(13)7-10;/h2-4,7,9,14H,5-6,8H2,1H3;1H/t9-;/m1./s1. The van der Waals surface area contributed by atoms with Crippen LogP contribution in [-0.2, 0) is 0 Å². The highest BCUT2D eigenvalue weighted by Crippen LogP contribution is 2.13. The summed E-state index contributed by atoms with van der Waals surface area (Å²) in [4.78, 5) is 14.0. The molecule has 1 N–H and O–H groups in total. The number of piperazine rings is 1. The van der Waals surface area contributed by atoms with E-state index in [-0.39, 0.29) is 18.3 Å². The van der Waals surface area contributed by atoms with Crippen molar-refractivity contribution in [1.29, 1.82) is 0 Å². The second kappa shape index (κ2) is 6.24. The van der Waals surface area contributed by atoms with Gasteiger partial charge < -0.3 is 10.2 Å². The molecule has 1 aromatic carbocycles. The van der Waals surface area contributed by atoms with Crippen LogP contribution in [-0.4, -0.2) is 36.5 Å². The van der Waals surface area contributed by atoms with Crippen LogP contribution in [0.5, 0.6) is 0 Å². The molecule has 1 aliphatic rings. The van der Waals surface area contributed by atoms with Gasteiger partial charge in [-0.15, -0.1) is 12.4 Å². The molecule has 1 saturated heterocycles. The molecule has 0 radical (unpaired) electrons. The number of benzene rings is 1. The van der Waals surface area contributed by atoms with Crippen molar-refractivity contribution in [3.8, 4) is 0 Å². The molecule has 0 bridgehead atoms. The molecule has 3 nitrogen and oxygen atoms in total. The average Bonchev–Trinajstić information content (AvgIpc) is 2.28.